The van der Waals surface area contributed by atoms with E-state index in [0.717, 1.165) is 16.0 Å². The fourth-order valence-electron chi connectivity index (χ4n) is 5.99. The van der Waals surface area contributed by atoms with Gasteiger partial charge in [0.1, 0.15) is 25.4 Å². The molecule has 0 aliphatic carbocycles. The van der Waals surface area contributed by atoms with Gasteiger partial charge in [-0.2, -0.15) is 0 Å². The van der Waals surface area contributed by atoms with E-state index in [1.807, 2.05) is 60.7 Å². The second-order valence-corrected chi connectivity index (χ2v) is 19.3. The topological polar surface area (TPSA) is 136 Å². The molecular formula is C37H48N2O9Si. The molecule has 5 atom stereocenters. The summed E-state index contributed by atoms with van der Waals surface area (Å²) in [6.07, 6.45) is -4.39. The largest absolute Gasteiger partial charge is 0.444 e. The summed E-state index contributed by atoms with van der Waals surface area (Å²) in [7, 11) is -2.53. The van der Waals surface area contributed by atoms with Crippen LogP contribution in [0.1, 0.15) is 51.3 Å². The van der Waals surface area contributed by atoms with Crippen molar-refractivity contribution < 1.29 is 43.2 Å². The van der Waals surface area contributed by atoms with Crippen molar-refractivity contribution in [1.29, 1.82) is 0 Å². The average Bonchev–Trinajstić information content (AvgIpc) is 3.40. The van der Waals surface area contributed by atoms with Crippen molar-refractivity contribution in [3.63, 3.8) is 0 Å². The first-order chi connectivity index (χ1) is 23.1. The Labute approximate surface area is 289 Å². The second kappa shape index (κ2) is 14.2. The molecule has 2 aliphatic rings. The molecule has 2 fully saturated rings. The number of likely N-dealkylation sites (tertiary alicyclic amines) is 1. The highest BCUT2D eigenvalue weighted by atomic mass is 28.4. The van der Waals surface area contributed by atoms with Gasteiger partial charge in [-0.15, -0.1) is 0 Å². The lowest BCUT2D eigenvalue weighted by Gasteiger charge is -2.55. The van der Waals surface area contributed by atoms with E-state index < -0.39 is 63.0 Å². The summed E-state index contributed by atoms with van der Waals surface area (Å²) in [6, 6.07) is 23.8. The van der Waals surface area contributed by atoms with E-state index in [2.05, 4.69) is 39.2 Å². The number of amides is 2. The first kappa shape index (κ1) is 36.5. The molecule has 0 aromatic heterocycles. The number of anilines is 1. The number of rotatable bonds is 9. The molecule has 0 bridgehead atoms. The van der Waals surface area contributed by atoms with Crippen LogP contribution >= 0.6 is 0 Å². The zero-order valence-electron chi connectivity index (χ0n) is 29.2. The Hall–Kier alpha value is -3.78. The van der Waals surface area contributed by atoms with Crippen LogP contribution in [0.15, 0.2) is 84.9 Å². The molecule has 2 saturated heterocycles. The minimum Gasteiger partial charge on any atom is -0.444 e. The third-order valence-corrected chi connectivity index (χ3v) is 14.0. The maximum absolute atomic E-state index is 14.2. The van der Waals surface area contributed by atoms with E-state index in [0.29, 0.717) is 5.69 Å². The minimum atomic E-state index is -2.53. The molecule has 0 saturated carbocycles. The molecule has 264 valence electrons. The lowest BCUT2D eigenvalue weighted by molar-refractivity contribution is -0.248. The SMILES string of the molecule is CC1(C)O[C@H]2[C@H](O[Si](C)(C)C(C)(C)C)[C@@H](CO)N(C(=O)OCc3ccccc3)C(O)(c3ccc(NC(=O)OCc4ccccc4)cc3)[C@H]2O1. The number of hydrogen-bond donors (Lipinski definition) is 3. The summed E-state index contributed by atoms with van der Waals surface area (Å²) in [5, 5.41) is 26.4. The van der Waals surface area contributed by atoms with Crippen LogP contribution in [-0.2, 0) is 42.3 Å². The third-order valence-electron chi connectivity index (χ3n) is 9.52. The van der Waals surface area contributed by atoms with Crippen LogP contribution in [0, 0.1) is 0 Å². The van der Waals surface area contributed by atoms with Crippen LogP contribution < -0.4 is 5.32 Å². The number of nitrogens with one attached hydrogen (secondary N) is 1. The summed E-state index contributed by atoms with van der Waals surface area (Å²) in [5.74, 6) is -1.16. The lowest BCUT2D eigenvalue weighted by Crippen LogP contribution is -2.74. The predicted molar refractivity (Wildman–Crippen MR) is 186 cm³/mol. The fraction of sp³-hybridized carbons (Fsp3) is 0.459. The van der Waals surface area contributed by atoms with Crippen molar-refractivity contribution in [2.24, 2.45) is 0 Å². The molecular weight excluding hydrogens is 644 g/mol. The molecule has 2 amide bonds. The van der Waals surface area contributed by atoms with Crippen molar-refractivity contribution in [3.05, 3.63) is 102 Å². The van der Waals surface area contributed by atoms with Gasteiger partial charge in [0, 0.05) is 11.3 Å². The van der Waals surface area contributed by atoms with Crippen molar-refractivity contribution >= 4 is 26.2 Å². The number of aliphatic hydroxyl groups is 2. The summed E-state index contributed by atoms with van der Waals surface area (Å²) in [4.78, 5) is 27.9. The van der Waals surface area contributed by atoms with Gasteiger partial charge in [-0.25, -0.2) is 9.59 Å². The van der Waals surface area contributed by atoms with Gasteiger partial charge in [-0.05, 0) is 55.2 Å². The van der Waals surface area contributed by atoms with Crippen LogP contribution in [0.25, 0.3) is 0 Å². The Morgan fingerprint density at radius 2 is 1.43 bits per heavy atom. The monoisotopic (exact) mass is 692 g/mol. The smallest absolute Gasteiger partial charge is 0.413 e. The Morgan fingerprint density at radius 3 is 1.96 bits per heavy atom. The molecule has 12 heteroatoms. The summed E-state index contributed by atoms with van der Waals surface area (Å²) in [5.41, 5.74) is 0.0715. The number of carbonyl (C=O) groups excluding carboxylic acids is 2. The van der Waals surface area contributed by atoms with E-state index in [4.69, 9.17) is 23.4 Å². The number of piperidine rings is 1. The molecule has 2 aliphatic heterocycles. The molecule has 3 aromatic carbocycles. The fourth-order valence-corrected chi connectivity index (χ4v) is 7.31. The van der Waals surface area contributed by atoms with Crippen LogP contribution in [0.3, 0.4) is 0 Å². The zero-order chi connectivity index (χ0) is 35.6. The van der Waals surface area contributed by atoms with Gasteiger partial charge in [0.05, 0.1) is 18.8 Å². The summed E-state index contributed by atoms with van der Waals surface area (Å²) >= 11 is 0. The maximum atomic E-state index is 14.2. The molecule has 11 nitrogen and oxygen atoms in total. The molecule has 3 aromatic rings. The van der Waals surface area contributed by atoms with Crippen LogP contribution in [0.4, 0.5) is 15.3 Å². The Morgan fingerprint density at radius 1 is 0.878 bits per heavy atom. The van der Waals surface area contributed by atoms with Gasteiger partial charge >= 0.3 is 12.2 Å². The van der Waals surface area contributed by atoms with Gasteiger partial charge in [-0.1, -0.05) is 93.6 Å². The van der Waals surface area contributed by atoms with E-state index in [-0.39, 0.29) is 23.8 Å². The van der Waals surface area contributed by atoms with E-state index >= 15 is 0 Å². The Bertz CT molecular complexity index is 1580. The highest BCUT2D eigenvalue weighted by Crippen LogP contribution is 2.50. The summed E-state index contributed by atoms with van der Waals surface area (Å²) < 4.78 is 30.9. The van der Waals surface area contributed by atoms with Gasteiger partial charge in [0.2, 0.25) is 0 Å². The molecule has 0 radical (unpaired) electrons. The van der Waals surface area contributed by atoms with E-state index in [9.17, 15) is 19.8 Å². The molecule has 1 unspecified atom stereocenters. The van der Waals surface area contributed by atoms with Crippen LogP contribution in [0.5, 0.6) is 0 Å². The first-order valence-electron chi connectivity index (χ1n) is 16.5. The van der Waals surface area contributed by atoms with E-state index in [1.165, 1.54) is 0 Å². The lowest BCUT2D eigenvalue weighted by atomic mass is 9.81. The summed E-state index contributed by atoms with van der Waals surface area (Å²) in [6.45, 7) is 13.4. The first-order valence-corrected chi connectivity index (χ1v) is 19.4. The third kappa shape index (κ3) is 7.85. The zero-order valence-corrected chi connectivity index (χ0v) is 30.2. The second-order valence-electron chi connectivity index (χ2n) is 14.5. The highest BCUT2D eigenvalue weighted by Gasteiger charge is 2.67. The highest BCUT2D eigenvalue weighted by molar-refractivity contribution is 6.74. The van der Waals surface area contributed by atoms with Crippen LogP contribution in [-0.4, -0.2) is 72.4 Å². The average molecular weight is 693 g/mol. The number of nitrogens with zero attached hydrogens (tertiary/aromatic N) is 1. The maximum Gasteiger partial charge on any atom is 0.413 e. The molecule has 0 spiro atoms. The molecule has 2 heterocycles. The quantitative estimate of drug-likeness (QED) is 0.215. The number of aliphatic hydroxyl groups excluding tert-OH is 1. The molecule has 49 heavy (non-hydrogen) atoms. The van der Waals surface area contributed by atoms with Crippen molar-refractivity contribution in [2.75, 3.05) is 11.9 Å². The van der Waals surface area contributed by atoms with Crippen molar-refractivity contribution in [1.82, 2.24) is 4.90 Å². The number of carbonyl (C=O) groups is 2. The van der Waals surface area contributed by atoms with Crippen LogP contribution in [0.2, 0.25) is 18.1 Å². The molecule has 3 N–H and O–H groups in total. The number of ether oxygens (including phenoxy) is 4. The Kier molecular flexibility index (Phi) is 10.6. The minimum absolute atomic E-state index is 0.0664. The predicted octanol–water partition coefficient (Wildman–Crippen LogP) is 6.50. The normalized spacial score (nSPS) is 25.0. The van der Waals surface area contributed by atoms with E-state index in [1.54, 1.807) is 38.1 Å². The number of fused-ring (bicyclic) bond motifs is 1. The van der Waals surface area contributed by atoms with Gasteiger partial charge in [-0.3, -0.25) is 10.2 Å². The van der Waals surface area contributed by atoms with Gasteiger partial charge < -0.3 is 33.6 Å². The van der Waals surface area contributed by atoms with Gasteiger partial charge in [0.25, 0.3) is 0 Å². The Balaban J connectivity index is 1.50. The molecule has 5 rings (SSSR count). The van der Waals surface area contributed by atoms with Crippen molar-refractivity contribution in [2.45, 2.75) is 102 Å². The standard InChI is InChI=1S/C37H48N2O9Si/c1-35(2,3)49(6,7)48-30-29(22-40)39(34(42)45-24-26-16-12-9-13-17-26)37(43,32-31(30)46-36(4,5)47-32)27-18-20-28(21-19-27)38-33(41)44-23-25-14-10-8-11-15-25/h8-21,29-32,40,43H,22-24H2,1-7H3,(H,38,41)/t29-,30-,31+,32+,37?/m1/s1. The number of hydrogen-bond acceptors (Lipinski definition) is 9. The van der Waals surface area contributed by atoms with Crippen molar-refractivity contribution in [3.8, 4) is 0 Å². The number of benzene rings is 3. The van der Waals surface area contributed by atoms with Gasteiger partial charge in [0.15, 0.2) is 19.8 Å².